The van der Waals surface area contributed by atoms with E-state index in [4.69, 9.17) is 32.7 Å². The van der Waals surface area contributed by atoms with Crippen molar-refractivity contribution in [1.29, 1.82) is 0 Å². The Morgan fingerprint density at radius 2 is 1.83 bits per heavy atom. The van der Waals surface area contributed by atoms with Gasteiger partial charge in [-0.3, -0.25) is 9.59 Å². The van der Waals surface area contributed by atoms with Crippen molar-refractivity contribution in [3.63, 3.8) is 0 Å². The topological polar surface area (TPSA) is 76.7 Å². The molecule has 0 saturated heterocycles. The molecule has 162 valence electrons. The molecule has 2 aromatic carbocycles. The first-order chi connectivity index (χ1) is 14.2. The summed E-state index contributed by atoms with van der Waals surface area (Å²) < 4.78 is 11.0. The van der Waals surface area contributed by atoms with Crippen molar-refractivity contribution < 1.29 is 19.1 Å². The van der Waals surface area contributed by atoms with E-state index in [0.29, 0.717) is 34.7 Å². The van der Waals surface area contributed by atoms with E-state index in [1.54, 1.807) is 12.1 Å². The largest absolute Gasteiger partial charge is 0.493 e. The molecule has 2 rings (SSSR count). The fourth-order valence-electron chi connectivity index (χ4n) is 2.57. The van der Waals surface area contributed by atoms with Crippen LogP contribution in [0, 0.1) is 12.8 Å². The molecule has 0 radical (unpaired) electrons. The molecule has 2 amide bonds. The number of hydrogen-bond acceptors (Lipinski definition) is 4. The molecule has 0 fully saturated rings. The highest BCUT2D eigenvalue weighted by Gasteiger charge is 2.17. The lowest BCUT2D eigenvalue weighted by atomic mass is 10.1. The highest BCUT2D eigenvalue weighted by molar-refractivity contribution is 6.34. The monoisotopic (exact) mass is 452 g/mol. The van der Waals surface area contributed by atoms with Crippen LogP contribution in [0.4, 0.5) is 5.69 Å². The molecule has 0 aliphatic rings. The Morgan fingerprint density at radius 3 is 2.47 bits per heavy atom. The SMILES string of the molecule is COc1cc(C(=O)NCC(=O)Nc2ccc(C)cc2Cl)cc(Cl)c1OCCC(C)C. The summed E-state index contributed by atoms with van der Waals surface area (Å²) in [6.07, 6.45) is 0.863. The number of ether oxygens (including phenoxy) is 2. The van der Waals surface area contributed by atoms with Gasteiger partial charge in [0.05, 0.1) is 36.0 Å². The molecular formula is C22H26Cl2N2O4. The Morgan fingerprint density at radius 1 is 1.10 bits per heavy atom. The van der Waals surface area contributed by atoms with Gasteiger partial charge in [0.25, 0.3) is 5.91 Å². The molecule has 0 unspecified atom stereocenters. The van der Waals surface area contributed by atoms with Crippen molar-refractivity contribution in [2.24, 2.45) is 5.92 Å². The maximum absolute atomic E-state index is 12.5. The smallest absolute Gasteiger partial charge is 0.251 e. The zero-order valence-corrected chi connectivity index (χ0v) is 19.0. The third-order valence-corrected chi connectivity index (χ3v) is 4.83. The molecule has 6 nitrogen and oxygen atoms in total. The standard InChI is InChI=1S/C22H26Cl2N2O4/c1-13(2)7-8-30-21-17(24)10-15(11-19(21)29-4)22(28)25-12-20(27)26-18-6-5-14(3)9-16(18)23/h5-6,9-11,13H,7-8,12H2,1-4H3,(H,25,28)(H,26,27). The first kappa shape index (κ1) is 23.8. The fraction of sp³-hybridized carbons (Fsp3) is 0.364. The zero-order valence-electron chi connectivity index (χ0n) is 17.5. The van der Waals surface area contributed by atoms with E-state index in [9.17, 15) is 9.59 Å². The second-order valence-corrected chi connectivity index (χ2v) is 8.05. The average Bonchev–Trinajstić information content (AvgIpc) is 2.68. The minimum atomic E-state index is -0.464. The van der Waals surface area contributed by atoms with E-state index in [0.717, 1.165) is 12.0 Å². The van der Waals surface area contributed by atoms with E-state index in [-0.39, 0.29) is 17.1 Å². The molecule has 0 heterocycles. The van der Waals surface area contributed by atoms with E-state index < -0.39 is 11.8 Å². The molecule has 0 aromatic heterocycles. The maximum atomic E-state index is 12.5. The van der Waals surface area contributed by atoms with Gasteiger partial charge in [0, 0.05) is 5.56 Å². The van der Waals surface area contributed by atoms with Crippen molar-refractivity contribution in [3.8, 4) is 11.5 Å². The molecule has 0 aliphatic carbocycles. The molecule has 2 aromatic rings. The molecule has 0 aliphatic heterocycles. The predicted octanol–water partition coefficient (Wildman–Crippen LogP) is 5.10. The van der Waals surface area contributed by atoms with Crippen molar-refractivity contribution in [2.45, 2.75) is 27.2 Å². The third-order valence-electron chi connectivity index (χ3n) is 4.24. The van der Waals surface area contributed by atoms with Crippen LogP contribution in [0.5, 0.6) is 11.5 Å². The number of methoxy groups -OCH3 is 1. The van der Waals surface area contributed by atoms with Gasteiger partial charge in [-0.2, -0.15) is 0 Å². The lowest BCUT2D eigenvalue weighted by Gasteiger charge is -2.15. The number of hydrogen-bond donors (Lipinski definition) is 2. The van der Waals surface area contributed by atoms with Crippen molar-refractivity contribution in [2.75, 3.05) is 25.6 Å². The lowest BCUT2D eigenvalue weighted by molar-refractivity contribution is -0.115. The summed E-state index contributed by atoms with van der Waals surface area (Å²) in [6.45, 7) is 6.35. The Hall–Kier alpha value is -2.44. The molecule has 0 saturated carbocycles. The van der Waals surface area contributed by atoms with Gasteiger partial charge in [-0.05, 0) is 49.1 Å². The van der Waals surface area contributed by atoms with Gasteiger partial charge in [-0.1, -0.05) is 43.1 Å². The van der Waals surface area contributed by atoms with Gasteiger partial charge in [0.1, 0.15) is 0 Å². The number of benzene rings is 2. The summed E-state index contributed by atoms with van der Waals surface area (Å²) in [5.74, 6) is 0.367. The number of nitrogens with one attached hydrogen (secondary N) is 2. The third kappa shape index (κ3) is 6.82. The van der Waals surface area contributed by atoms with Crippen LogP contribution >= 0.6 is 23.2 Å². The minimum Gasteiger partial charge on any atom is -0.493 e. The zero-order chi connectivity index (χ0) is 22.3. The van der Waals surface area contributed by atoms with Gasteiger partial charge in [0.15, 0.2) is 11.5 Å². The van der Waals surface area contributed by atoms with Gasteiger partial charge < -0.3 is 20.1 Å². The predicted molar refractivity (Wildman–Crippen MR) is 120 cm³/mol. The van der Waals surface area contributed by atoms with Crippen molar-refractivity contribution in [1.82, 2.24) is 5.32 Å². The van der Waals surface area contributed by atoms with E-state index >= 15 is 0 Å². The molecule has 0 spiro atoms. The summed E-state index contributed by atoms with van der Waals surface area (Å²) in [7, 11) is 1.47. The highest BCUT2D eigenvalue weighted by atomic mass is 35.5. The lowest BCUT2D eigenvalue weighted by Crippen LogP contribution is -2.33. The molecule has 0 atom stereocenters. The Balaban J connectivity index is 2.00. The van der Waals surface area contributed by atoms with Gasteiger partial charge in [0.2, 0.25) is 5.91 Å². The van der Waals surface area contributed by atoms with Crippen molar-refractivity contribution >= 4 is 40.7 Å². The number of carbonyl (C=O) groups is 2. The Kier molecular flexibility index (Phi) is 8.81. The summed E-state index contributed by atoms with van der Waals surface area (Å²) >= 11 is 12.4. The summed E-state index contributed by atoms with van der Waals surface area (Å²) in [5, 5.41) is 5.91. The van der Waals surface area contributed by atoms with Gasteiger partial charge in [-0.25, -0.2) is 0 Å². The molecule has 2 N–H and O–H groups in total. The number of carbonyl (C=O) groups excluding carboxylic acids is 2. The van der Waals surface area contributed by atoms with Crippen LogP contribution in [-0.4, -0.2) is 32.1 Å². The summed E-state index contributed by atoms with van der Waals surface area (Å²) in [6, 6.07) is 8.30. The van der Waals surface area contributed by atoms with Crippen LogP contribution in [0.2, 0.25) is 10.0 Å². The second kappa shape index (κ2) is 11.1. The fourth-order valence-corrected chi connectivity index (χ4v) is 3.11. The first-order valence-electron chi connectivity index (χ1n) is 9.55. The summed E-state index contributed by atoms with van der Waals surface area (Å²) in [5.41, 5.74) is 1.72. The molecular weight excluding hydrogens is 427 g/mol. The highest BCUT2D eigenvalue weighted by Crippen LogP contribution is 2.36. The van der Waals surface area contributed by atoms with Gasteiger partial charge >= 0.3 is 0 Å². The second-order valence-electron chi connectivity index (χ2n) is 7.23. The van der Waals surface area contributed by atoms with E-state index in [1.165, 1.54) is 19.2 Å². The molecule has 0 bridgehead atoms. The molecule has 8 heteroatoms. The van der Waals surface area contributed by atoms with Crippen LogP contribution < -0.4 is 20.1 Å². The normalized spacial score (nSPS) is 10.6. The Labute approximate surface area is 186 Å². The summed E-state index contributed by atoms with van der Waals surface area (Å²) in [4.78, 5) is 24.6. The molecule has 30 heavy (non-hydrogen) atoms. The first-order valence-corrected chi connectivity index (χ1v) is 10.3. The van der Waals surface area contributed by atoms with Crippen LogP contribution in [0.1, 0.15) is 36.2 Å². The average molecular weight is 453 g/mol. The van der Waals surface area contributed by atoms with Crippen LogP contribution in [0.15, 0.2) is 30.3 Å². The van der Waals surface area contributed by atoms with Gasteiger partial charge in [-0.15, -0.1) is 0 Å². The van der Waals surface area contributed by atoms with Crippen LogP contribution in [0.25, 0.3) is 0 Å². The van der Waals surface area contributed by atoms with E-state index in [2.05, 4.69) is 24.5 Å². The Bertz CT molecular complexity index is 916. The number of rotatable bonds is 9. The number of halogens is 2. The van der Waals surface area contributed by atoms with Crippen LogP contribution in [0.3, 0.4) is 0 Å². The number of anilines is 1. The minimum absolute atomic E-state index is 0.227. The maximum Gasteiger partial charge on any atom is 0.251 e. The number of amides is 2. The number of aryl methyl sites for hydroxylation is 1. The van der Waals surface area contributed by atoms with E-state index in [1.807, 2.05) is 13.0 Å². The van der Waals surface area contributed by atoms with Crippen LogP contribution in [-0.2, 0) is 4.79 Å². The quantitative estimate of drug-likeness (QED) is 0.554. The van der Waals surface area contributed by atoms with Crippen molar-refractivity contribution in [3.05, 3.63) is 51.5 Å².